The molecular formula is C23H20N4O6S. The summed E-state index contributed by atoms with van der Waals surface area (Å²) in [5.74, 6) is -0.730. The van der Waals surface area contributed by atoms with Gasteiger partial charge in [0.15, 0.2) is 0 Å². The van der Waals surface area contributed by atoms with Crippen LogP contribution in [0.1, 0.15) is 28.8 Å². The van der Waals surface area contributed by atoms with Crippen LogP contribution in [0.3, 0.4) is 0 Å². The van der Waals surface area contributed by atoms with Crippen molar-refractivity contribution in [2.45, 2.75) is 30.3 Å². The molecule has 2 aromatic carbocycles. The van der Waals surface area contributed by atoms with E-state index in [0.717, 1.165) is 0 Å². The number of sulfonamides is 1. The molecule has 0 saturated carbocycles. The highest BCUT2D eigenvalue weighted by molar-refractivity contribution is 7.93. The average molecular weight is 481 g/mol. The number of nitrogens with zero attached hydrogens (tertiary/aromatic N) is 2. The lowest BCUT2D eigenvalue weighted by Crippen LogP contribution is -2.52. The third-order valence-electron chi connectivity index (χ3n) is 5.98. The van der Waals surface area contributed by atoms with Gasteiger partial charge in [-0.1, -0.05) is 0 Å². The van der Waals surface area contributed by atoms with E-state index < -0.39 is 22.0 Å². The fourth-order valence-electron chi connectivity index (χ4n) is 4.37. The summed E-state index contributed by atoms with van der Waals surface area (Å²) < 4.78 is 34.3. The van der Waals surface area contributed by atoms with Gasteiger partial charge in [0.2, 0.25) is 11.8 Å². The molecule has 5 rings (SSSR count). The first-order valence-electron chi connectivity index (χ1n) is 10.5. The standard InChI is InChI=1S/C23H20N4O6S/c1-33-18-7-8-19(16-3-2-10-24-21(16)18)34(31,32)26-14-4-5-15-13(11-14)12-27(23(15)30)17-6-9-20(28)25-22(17)29/h2-5,7-8,10-11,17,26H,6,9,12H2,1H3,(H,25,28,29). The van der Waals surface area contributed by atoms with Crippen molar-refractivity contribution >= 4 is 44.3 Å². The van der Waals surface area contributed by atoms with Gasteiger partial charge in [0.1, 0.15) is 17.3 Å². The van der Waals surface area contributed by atoms with Crippen LogP contribution < -0.4 is 14.8 Å². The first-order chi connectivity index (χ1) is 16.3. The number of nitrogens with one attached hydrogen (secondary N) is 2. The number of aromatic nitrogens is 1. The zero-order chi connectivity index (χ0) is 24.0. The SMILES string of the molecule is COc1ccc(S(=O)(=O)Nc2ccc3c(c2)CN(C2CCC(=O)NC2=O)C3=O)c2cccnc12. The Kier molecular flexibility index (Phi) is 5.20. The first-order valence-corrected chi connectivity index (χ1v) is 12.0. The van der Waals surface area contributed by atoms with Crippen molar-refractivity contribution in [3.05, 3.63) is 59.8 Å². The number of imide groups is 1. The Hall–Kier alpha value is -3.99. The molecule has 3 amide bonds. The lowest BCUT2D eigenvalue weighted by atomic mass is 10.0. The molecule has 2 N–H and O–H groups in total. The van der Waals surface area contributed by atoms with Crippen LogP contribution in [0.25, 0.3) is 10.9 Å². The van der Waals surface area contributed by atoms with Crippen LogP contribution in [0.4, 0.5) is 5.69 Å². The number of piperidine rings is 1. The van der Waals surface area contributed by atoms with E-state index >= 15 is 0 Å². The third-order valence-corrected chi connectivity index (χ3v) is 7.42. The molecule has 0 radical (unpaired) electrons. The maximum absolute atomic E-state index is 13.2. The van der Waals surface area contributed by atoms with Gasteiger partial charge in [0.25, 0.3) is 15.9 Å². The van der Waals surface area contributed by atoms with Gasteiger partial charge in [0, 0.05) is 35.8 Å². The second-order valence-electron chi connectivity index (χ2n) is 8.04. The van der Waals surface area contributed by atoms with E-state index in [1.54, 1.807) is 30.5 Å². The van der Waals surface area contributed by atoms with Gasteiger partial charge in [-0.05, 0) is 54.4 Å². The zero-order valence-corrected chi connectivity index (χ0v) is 18.9. The van der Waals surface area contributed by atoms with Crippen molar-refractivity contribution in [1.82, 2.24) is 15.2 Å². The summed E-state index contributed by atoms with van der Waals surface area (Å²) in [6.07, 6.45) is 1.97. The highest BCUT2D eigenvalue weighted by Gasteiger charge is 2.39. The molecule has 1 unspecified atom stereocenters. The number of rotatable bonds is 5. The van der Waals surface area contributed by atoms with Gasteiger partial charge in [-0.25, -0.2) is 8.42 Å². The van der Waals surface area contributed by atoms with Gasteiger partial charge in [-0.2, -0.15) is 0 Å². The molecule has 3 aromatic rings. The van der Waals surface area contributed by atoms with Crippen molar-refractivity contribution in [3.63, 3.8) is 0 Å². The molecule has 34 heavy (non-hydrogen) atoms. The first kappa shape index (κ1) is 21.8. The Morgan fingerprint density at radius 1 is 1.15 bits per heavy atom. The predicted octanol–water partition coefficient (Wildman–Crippen LogP) is 1.81. The molecule has 1 atom stereocenters. The minimum Gasteiger partial charge on any atom is -0.494 e. The number of anilines is 1. The summed E-state index contributed by atoms with van der Waals surface area (Å²) in [7, 11) is -2.50. The van der Waals surface area contributed by atoms with Gasteiger partial charge >= 0.3 is 0 Å². The van der Waals surface area contributed by atoms with Crippen LogP contribution in [0.5, 0.6) is 5.75 Å². The minimum absolute atomic E-state index is 0.0399. The van der Waals surface area contributed by atoms with Crippen LogP contribution in [0.15, 0.2) is 53.6 Å². The van der Waals surface area contributed by atoms with Crippen molar-refractivity contribution in [1.29, 1.82) is 0 Å². The number of amides is 3. The van der Waals surface area contributed by atoms with E-state index in [0.29, 0.717) is 27.8 Å². The number of hydrogen-bond donors (Lipinski definition) is 2. The Bertz CT molecular complexity index is 1470. The Morgan fingerprint density at radius 3 is 2.74 bits per heavy atom. The van der Waals surface area contributed by atoms with E-state index in [9.17, 15) is 22.8 Å². The summed E-state index contributed by atoms with van der Waals surface area (Å²) in [5, 5.41) is 2.67. The molecule has 174 valence electrons. The quantitative estimate of drug-likeness (QED) is 0.532. The second-order valence-corrected chi connectivity index (χ2v) is 9.69. The smallest absolute Gasteiger partial charge is 0.262 e. The lowest BCUT2D eigenvalue weighted by molar-refractivity contribution is -0.136. The van der Waals surface area contributed by atoms with Crippen molar-refractivity contribution in [2.75, 3.05) is 11.8 Å². The molecule has 2 aliphatic heterocycles. The van der Waals surface area contributed by atoms with E-state index in [2.05, 4.69) is 15.0 Å². The summed E-state index contributed by atoms with van der Waals surface area (Å²) in [5.41, 5.74) is 1.69. The molecule has 10 nitrogen and oxygen atoms in total. The largest absolute Gasteiger partial charge is 0.494 e. The van der Waals surface area contributed by atoms with Crippen LogP contribution in [0, 0.1) is 0 Å². The summed E-state index contributed by atoms with van der Waals surface area (Å²) in [6.45, 7) is 0.144. The molecule has 0 aliphatic carbocycles. The number of ether oxygens (including phenoxy) is 1. The van der Waals surface area contributed by atoms with Crippen LogP contribution in [0.2, 0.25) is 0 Å². The molecule has 3 heterocycles. The van der Waals surface area contributed by atoms with Crippen molar-refractivity contribution in [3.8, 4) is 5.75 Å². The summed E-state index contributed by atoms with van der Waals surface area (Å²) in [4.78, 5) is 42.2. The van der Waals surface area contributed by atoms with Gasteiger partial charge in [0.05, 0.1) is 12.0 Å². The predicted molar refractivity (Wildman–Crippen MR) is 122 cm³/mol. The molecule has 0 spiro atoms. The molecule has 0 bridgehead atoms. The van der Waals surface area contributed by atoms with E-state index in [1.807, 2.05) is 0 Å². The normalized spacial score (nSPS) is 18.1. The fourth-order valence-corrected chi connectivity index (χ4v) is 5.62. The number of pyridine rings is 1. The highest BCUT2D eigenvalue weighted by Crippen LogP contribution is 2.32. The molecule has 1 saturated heterocycles. The average Bonchev–Trinajstić information content (AvgIpc) is 3.13. The molecule has 2 aliphatic rings. The Labute approximate surface area is 195 Å². The number of methoxy groups -OCH3 is 1. The third kappa shape index (κ3) is 3.63. The molecule has 1 aromatic heterocycles. The number of carbonyl (C=O) groups is 3. The van der Waals surface area contributed by atoms with E-state index in [-0.39, 0.29) is 41.8 Å². The van der Waals surface area contributed by atoms with Gasteiger partial charge < -0.3 is 9.64 Å². The second kappa shape index (κ2) is 8.10. The molecule has 11 heteroatoms. The summed E-state index contributed by atoms with van der Waals surface area (Å²) >= 11 is 0. The minimum atomic E-state index is -3.99. The molecule has 1 fully saturated rings. The van der Waals surface area contributed by atoms with Crippen molar-refractivity contribution in [2.24, 2.45) is 0 Å². The van der Waals surface area contributed by atoms with Crippen molar-refractivity contribution < 1.29 is 27.5 Å². The number of fused-ring (bicyclic) bond motifs is 2. The molecular weight excluding hydrogens is 460 g/mol. The van der Waals surface area contributed by atoms with Crippen LogP contribution in [-0.4, -0.2) is 49.2 Å². The van der Waals surface area contributed by atoms with Crippen LogP contribution in [-0.2, 0) is 26.2 Å². The number of hydrogen-bond acceptors (Lipinski definition) is 7. The number of benzene rings is 2. The maximum atomic E-state index is 13.2. The van der Waals surface area contributed by atoms with Gasteiger partial charge in [-0.3, -0.25) is 29.4 Å². The van der Waals surface area contributed by atoms with Crippen LogP contribution >= 0.6 is 0 Å². The lowest BCUT2D eigenvalue weighted by Gasteiger charge is -2.29. The zero-order valence-electron chi connectivity index (χ0n) is 18.1. The topological polar surface area (TPSA) is 135 Å². The number of carbonyl (C=O) groups excluding carboxylic acids is 3. The Morgan fingerprint density at radius 2 is 1.97 bits per heavy atom. The highest BCUT2D eigenvalue weighted by atomic mass is 32.2. The summed E-state index contributed by atoms with van der Waals surface area (Å²) in [6, 6.07) is 10.2. The fraction of sp³-hybridized carbons (Fsp3) is 0.217. The van der Waals surface area contributed by atoms with E-state index in [4.69, 9.17) is 4.74 Å². The van der Waals surface area contributed by atoms with E-state index in [1.165, 1.54) is 30.2 Å². The Balaban J connectivity index is 1.43. The maximum Gasteiger partial charge on any atom is 0.262 e. The van der Waals surface area contributed by atoms with Gasteiger partial charge in [-0.15, -0.1) is 0 Å². The monoisotopic (exact) mass is 480 g/mol.